The molecule has 0 fully saturated rings. The molecule has 29 heavy (non-hydrogen) atoms. The Morgan fingerprint density at radius 1 is 0.793 bits per heavy atom. The van der Waals surface area contributed by atoms with Crippen molar-refractivity contribution >= 4 is 5.69 Å². The van der Waals surface area contributed by atoms with Gasteiger partial charge in [0.15, 0.2) is 5.82 Å². The first-order valence-corrected chi connectivity index (χ1v) is 9.00. The van der Waals surface area contributed by atoms with Crippen molar-refractivity contribution in [1.82, 2.24) is 9.97 Å². The number of hydrogen-bond donors (Lipinski definition) is 1. The predicted molar refractivity (Wildman–Crippen MR) is 111 cm³/mol. The molecule has 6 heteroatoms. The van der Waals surface area contributed by atoms with Crippen LogP contribution in [-0.4, -0.2) is 20.0 Å². The molecule has 0 saturated heterocycles. The number of benzene rings is 3. The number of nitro benzene ring substituents is 1. The Labute approximate surface area is 167 Å². The van der Waals surface area contributed by atoms with E-state index in [0.29, 0.717) is 22.8 Å². The second-order valence-corrected chi connectivity index (χ2v) is 6.68. The molecular formula is C23H17N3O3. The van der Waals surface area contributed by atoms with Crippen molar-refractivity contribution in [2.75, 3.05) is 0 Å². The molecule has 0 amide bonds. The van der Waals surface area contributed by atoms with Crippen LogP contribution in [0, 0.1) is 17.0 Å². The summed E-state index contributed by atoms with van der Waals surface area (Å²) in [4.78, 5) is 20.0. The number of nitrogens with zero attached hydrogens (tertiary/aromatic N) is 3. The summed E-state index contributed by atoms with van der Waals surface area (Å²) in [6.45, 7) is 2.01. The minimum atomic E-state index is -0.436. The van der Waals surface area contributed by atoms with Crippen LogP contribution in [0.3, 0.4) is 0 Å². The normalized spacial score (nSPS) is 10.7. The van der Waals surface area contributed by atoms with Gasteiger partial charge in [0.05, 0.1) is 16.3 Å². The zero-order valence-electron chi connectivity index (χ0n) is 15.6. The molecule has 4 rings (SSSR count). The fourth-order valence-electron chi connectivity index (χ4n) is 2.99. The van der Waals surface area contributed by atoms with Gasteiger partial charge in [0, 0.05) is 28.8 Å². The predicted octanol–water partition coefficient (Wildman–Crippen LogP) is 5.40. The van der Waals surface area contributed by atoms with E-state index in [9.17, 15) is 15.2 Å². The Hall–Kier alpha value is -4.06. The van der Waals surface area contributed by atoms with Gasteiger partial charge >= 0.3 is 0 Å². The number of phenolic OH excluding ortho intramolecular Hbond substituents is 1. The van der Waals surface area contributed by atoms with Crippen molar-refractivity contribution in [2.24, 2.45) is 0 Å². The first-order valence-electron chi connectivity index (χ1n) is 9.00. The van der Waals surface area contributed by atoms with Gasteiger partial charge in [-0.1, -0.05) is 42.0 Å². The molecule has 142 valence electrons. The van der Waals surface area contributed by atoms with E-state index in [0.717, 1.165) is 16.7 Å². The van der Waals surface area contributed by atoms with Gasteiger partial charge in [-0.3, -0.25) is 10.1 Å². The molecule has 0 aliphatic carbocycles. The van der Waals surface area contributed by atoms with E-state index in [-0.39, 0.29) is 11.4 Å². The summed E-state index contributed by atoms with van der Waals surface area (Å²) in [7, 11) is 0. The number of hydrogen-bond acceptors (Lipinski definition) is 5. The topological polar surface area (TPSA) is 89.2 Å². The van der Waals surface area contributed by atoms with Crippen LogP contribution in [-0.2, 0) is 0 Å². The van der Waals surface area contributed by atoms with Crippen LogP contribution in [0.15, 0.2) is 78.9 Å². The first kappa shape index (κ1) is 18.3. The van der Waals surface area contributed by atoms with E-state index >= 15 is 0 Å². The van der Waals surface area contributed by atoms with Gasteiger partial charge in [-0.2, -0.15) is 0 Å². The minimum Gasteiger partial charge on any atom is -0.508 e. The molecule has 0 atom stereocenters. The van der Waals surface area contributed by atoms with Crippen molar-refractivity contribution in [3.05, 3.63) is 94.5 Å². The standard InChI is InChI=1S/C23H17N3O3/c1-15-5-7-16(8-6-15)21-14-22(17-9-11-20(27)12-10-17)25-23(24-21)18-3-2-4-19(13-18)26(28)29/h2-14,27H,1H3. The molecule has 0 spiro atoms. The Bertz CT molecular complexity index is 1120. The SMILES string of the molecule is Cc1ccc(-c2cc(-c3ccc(O)cc3)nc(-c3cccc([N+](=O)[O-])c3)n2)cc1. The summed E-state index contributed by atoms with van der Waals surface area (Å²) < 4.78 is 0. The van der Waals surface area contributed by atoms with Crippen LogP contribution in [0.4, 0.5) is 5.69 Å². The highest BCUT2D eigenvalue weighted by Crippen LogP contribution is 2.29. The van der Waals surface area contributed by atoms with E-state index in [1.807, 2.05) is 37.3 Å². The number of non-ortho nitro benzene ring substituents is 1. The third-order valence-electron chi connectivity index (χ3n) is 4.55. The maximum atomic E-state index is 11.2. The average Bonchev–Trinajstić information content (AvgIpc) is 2.74. The summed E-state index contributed by atoms with van der Waals surface area (Å²) in [5.41, 5.74) is 4.79. The average molecular weight is 383 g/mol. The quantitative estimate of drug-likeness (QED) is 0.376. The molecule has 1 heterocycles. The van der Waals surface area contributed by atoms with Gasteiger partial charge in [0.25, 0.3) is 5.69 Å². The summed E-state index contributed by atoms with van der Waals surface area (Å²) in [6, 6.07) is 22.9. The Morgan fingerprint density at radius 2 is 1.38 bits per heavy atom. The van der Waals surface area contributed by atoms with E-state index in [4.69, 9.17) is 0 Å². The fraction of sp³-hybridized carbons (Fsp3) is 0.0435. The molecule has 4 aromatic rings. The smallest absolute Gasteiger partial charge is 0.270 e. The maximum absolute atomic E-state index is 11.2. The van der Waals surface area contributed by atoms with Crippen LogP contribution >= 0.6 is 0 Å². The molecule has 0 aliphatic heterocycles. The van der Waals surface area contributed by atoms with Gasteiger partial charge < -0.3 is 5.11 Å². The van der Waals surface area contributed by atoms with Crippen molar-refractivity contribution in [3.8, 4) is 39.7 Å². The minimum absolute atomic E-state index is 0.0157. The lowest BCUT2D eigenvalue weighted by Gasteiger charge is -2.09. The molecule has 1 aromatic heterocycles. The molecule has 0 saturated carbocycles. The highest BCUT2D eigenvalue weighted by Gasteiger charge is 2.13. The summed E-state index contributed by atoms with van der Waals surface area (Å²) >= 11 is 0. The lowest BCUT2D eigenvalue weighted by molar-refractivity contribution is -0.384. The van der Waals surface area contributed by atoms with Gasteiger partial charge in [0.1, 0.15) is 5.75 Å². The largest absolute Gasteiger partial charge is 0.508 e. The zero-order chi connectivity index (χ0) is 20.4. The second-order valence-electron chi connectivity index (χ2n) is 6.68. The van der Waals surface area contributed by atoms with Crippen LogP contribution < -0.4 is 0 Å². The molecule has 0 bridgehead atoms. The second kappa shape index (κ2) is 7.52. The molecular weight excluding hydrogens is 366 g/mol. The molecule has 0 aliphatic rings. The fourth-order valence-corrected chi connectivity index (χ4v) is 2.99. The van der Waals surface area contributed by atoms with Gasteiger partial charge in [-0.15, -0.1) is 0 Å². The summed E-state index contributed by atoms with van der Waals surface area (Å²) in [6.07, 6.45) is 0. The van der Waals surface area contributed by atoms with Crippen LogP contribution in [0.1, 0.15) is 5.56 Å². The maximum Gasteiger partial charge on any atom is 0.270 e. The number of aryl methyl sites for hydroxylation is 1. The third kappa shape index (κ3) is 3.96. The lowest BCUT2D eigenvalue weighted by Crippen LogP contribution is -1.96. The highest BCUT2D eigenvalue weighted by atomic mass is 16.6. The monoisotopic (exact) mass is 383 g/mol. The van der Waals surface area contributed by atoms with Gasteiger partial charge in [-0.05, 0) is 37.3 Å². The molecule has 0 unspecified atom stereocenters. The Kier molecular flexibility index (Phi) is 4.75. The number of nitro groups is 1. The summed E-state index contributed by atoms with van der Waals surface area (Å²) in [5.74, 6) is 0.565. The lowest BCUT2D eigenvalue weighted by atomic mass is 10.1. The molecule has 1 N–H and O–H groups in total. The van der Waals surface area contributed by atoms with Crippen LogP contribution in [0.2, 0.25) is 0 Å². The number of phenols is 1. The van der Waals surface area contributed by atoms with Crippen LogP contribution in [0.5, 0.6) is 5.75 Å². The number of aromatic hydroxyl groups is 1. The zero-order valence-corrected chi connectivity index (χ0v) is 15.6. The third-order valence-corrected chi connectivity index (χ3v) is 4.55. The summed E-state index contributed by atoms with van der Waals surface area (Å²) in [5, 5.41) is 20.7. The van der Waals surface area contributed by atoms with E-state index in [1.165, 1.54) is 12.1 Å². The van der Waals surface area contributed by atoms with Gasteiger partial charge in [-0.25, -0.2) is 9.97 Å². The molecule has 6 nitrogen and oxygen atoms in total. The van der Waals surface area contributed by atoms with Crippen molar-refractivity contribution < 1.29 is 10.0 Å². The van der Waals surface area contributed by atoms with Crippen molar-refractivity contribution in [2.45, 2.75) is 6.92 Å². The van der Waals surface area contributed by atoms with Crippen molar-refractivity contribution in [3.63, 3.8) is 0 Å². The van der Waals surface area contributed by atoms with E-state index in [1.54, 1.807) is 36.4 Å². The van der Waals surface area contributed by atoms with Crippen molar-refractivity contribution in [1.29, 1.82) is 0 Å². The van der Waals surface area contributed by atoms with E-state index < -0.39 is 4.92 Å². The molecule has 0 radical (unpaired) electrons. The number of rotatable bonds is 4. The van der Waals surface area contributed by atoms with E-state index in [2.05, 4.69) is 9.97 Å². The highest BCUT2D eigenvalue weighted by molar-refractivity contribution is 5.72. The number of aromatic nitrogens is 2. The van der Waals surface area contributed by atoms with Crippen LogP contribution in [0.25, 0.3) is 33.9 Å². The van der Waals surface area contributed by atoms with Gasteiger partial charge in [0.2, 0.25) is 0 Å². The Balaban J connectivity index is 1.90. The molecule has 3 aromatic carbocycles. The first-order chi connectivity index (χ1) is 14.0. The Morgan fingerprint density at radius 3 is 1.97 bits per heavy atom.